The third-order valence-corrected chi connectivity index (χ3v) is 4.21. The van der Waals surface area contributed by atoms with Crippen LogP contribution in [0.1, 0.15) is 5.69 Å². The second-order valence-electron chi connectivity index (χ2n) is 5.23. The van der Waals surface area contributed by atoms with Gasteiger partial charge in [-0.05, 0) is 19.1 Å². The molecular weight excluding hydrogens is 354 g/mol. The Kier molecular flexibility index (Phi) is 4.78. The van der Waals surface area contributed by atoms with Crippen LogP contribution in [-0.2, 0) is 6.54 Å². The Morgan fingerprint density at radius 1 is 1.25 bits per heavy atom. The second-order valence-corrected chi connectivity index (χ2v) is 6.02. The maximum absolute atomic E-state index is 14.4. The van der Waals surface area contributed by atoms with Gasteiger partial charge in [-0.3, -0.25) is 0 Å². The maximum atomic E-state index is 14.4. The zero-order valence-corrected chi connectivity index (χ0v) is 14.6. The number of fused-ring (bicyclic) bond motifs is 1. The topological polar surface area (TPSA) is 52.0 Å². The van der Waals surface area contributed by atoms with E-state index in [1.165, 1.54) is 19.5 Å². The number of hydrogen-bond acceptors (Lipinski definition) is 4. The monoisotopic (exact) mass is 368 g/mol. The van der Waals surface area contributed by atoms with E-state index in [-0.39, 0.29) is 10.8 Å². The van der Waals surface area contributed by atoms with Crippen LogP contribution in [0.3, 0.4) is 0 Å². The van der Waals surface area contributed by atoms with Crippen molar-refractivity contribution in [3.63, 3.8) is 0 Å². The van der Waals surface area contributed by atoms with Gasteiger partial charge in [0.15, 0.2) is 0 Å². The molecule has 0 amide bonds. The molecule has 0 saturated heterocycles. The van der Waals surface area contributed by atoms with Crippen molar-refractivity contribution >= 4 is 39.9 Å². The van der Waals surface area contributed by atoms with Gasteiger partial charge in [-0.15, -0.1) is 0 Å². The molecule has 0 fully saturated rings. The van der Waals surface area contributed by atoms with Gasteiger partial charge in [-0.2, -0.15) is 0 Å². The van der Waals surface area contributed by atoms with Crippen molar-refractivity contribution in [1.82, 2.24) is 14.5 Å². The van der Waals surface area contributed by atoms with Crippen molar-refractivity contribution in [2.75, 3.05) is 19.0 Å². The van der Waals surface area contributed by atoms with Gasteiger partial charge >= 0.3 is 0 Å². The molecule has 0 spiro atoms. The molecule has 0 bridgehead atoms. The molecule has 1 aromatic carbocycles. The fourth-order valence-electron chi connectivity index (χ4n) is 2.70. The van der Waals surface area contributed by atoms with Gasteiger partial charge in [-0.1, -0.05) is 23.2 Å². The van der Waals surface area contributed by atoms with Crippen molar-refractivity contribution in [3.05, 3.63) is 46.2 Å². The molecule has 0 radical (unpaired) electrons. The highest BCUT2D eigenvalue weighted by molar-refractivity contribution is 6.33. The summed E-state index contributed by atoms with van der Waals surface area (Å²) in [4.78, 5) is 7.90. The minimum absolute atomic E-state index is 0.258. The van der Waals surface area contributed by atoms with Gasteiger partial charge in [0.2, 0.25) is 0 Å². The van der Waals surface area contributed by atoms with Crippen molar-refractivity contribution in [1.29, 1.82) is 0 Å². The predicted molar refractivity (Wildman–Crippen MR) is 93.7 cm³/mol. The van der Waals surface area contributed by atoms with Gasteiger partial charge in [-0.25, -0.2) is 14.4 Å². The number of nitrogens with one attached hydrogen (secondary N) is 1. The first-order valence-electron chi connectivity index (χ1n) is 7.24. The zero-order chi connectivity index (χ0) is 17.3. The summed E-state index contributed by atoms with van der Waals surface area (Å²) < 4.78 is 21.6. The lowest BCUT2D eigenvalue weighted by Crippen LogP contribution is -2.12. The molecule has 0 aliphatic heterocycles. The summed E-state index contributed by atoms with van der Waals surface area (Å²) in [5.41, 5.74) is 1.38. The van der Waals surface area contributed by atoms with E-state index in [0.29, 0.717) is 40.7 Å². The number of benzene rings is 1. The molecule has 0 aliphatic carbocycles. The van der Waals surface area contributed by atoms with Gasteiger partial charge in [0.1, 0.15) is 28.9 Å². The van der Waals surface area contributed by atoms with Crippen LogP contribution in [0.25, 0.3) is 10.9 Å². The number of rotatable bonds is 5. The molecule has 126 valence electrons. The Hall–Kier alpha value is -2.05. The number of methoxy groups -OCH3 is 1. The Morgan fingerprint density at radius 3 is 2.75 bits per heavy atom. The molecule has 3 aromatic rings. The van der Waals surface area contributed by atoms with Crippen molar-refractivity contribution in [3.8, 4) is 5.75 Å². The van der Waals surface area contributed by atoms with Crippen LogP contribution in [0.15, 0.2) is 24.5 Å². The number of hydrogen-bond donors (Lipinski definition) is 1. The summed E-state index contributed by atoms with van der Waals surface area (Å²) in [5, 5.41) is 4.42. The van der Waals surface area contributed by atoms with E-state index in [0.717, 1.165) is 5.69 Å². The van der Waals surface area contributed by atoms with E-state index in [1.54, 1.807) is 6.07 Å². The highest BCUT2D eigenvalue weighted by Gasteiger charge is 2.17. The molecule has 2 aromatic heterocycles. The van der Waals surface area contributed by atoms with Crippen LogP contribution < -0.4 is 10.1 Å². The summed E-state index contributed by atoms with van der Waals surface area (Å²) in [7, 11) is 1.52. The quantitative estimate of drug-likeness (QED) is 0.681. The first kappa shape index (κ1) is 16.8. The third kappa shape index (κ3) is 3.12. The average molecular weight is 369 g/mol. The molecule has 0 atom stereocenters. The summed E-state index contributed by atoms with van der Waals surface area (Å²) in [6, 6.07) is 4.77. The Balaban J connectivity index is 1.88. The maximum Gasteiger partial charge on any atom is 0.149 e. The number of halogens is 3. The normalized spacial score (nSPS) is 11.0. The van der Waals surface area contributed by atoms with Crippen molar-refractivity contribution < 1.29 is 9.13 Å². The number of nitrogens with zero attached hydrogens (tertiary/aromatic N) is 3. The second kappa shape index (κ2) is 6.83. The Morgan fingerprint density at radius 2 is 2.04 bits per heavy atom. The lowest BCUT2D eigenvalue weighted by molar-refractivity contribution is 0.419. The minimum atomic E-state index is -0.381. The predicted octanol–water partition coefficient (Wildman–Crippen LogP) is 4.31. The standard InChI is InChI=1S/C16H15Cl2FN4O/c1-9-5-10-15(12(19)6-11(17)16(10)24-2)23(9)4-3-20-14-7-13(18)21-8-22-14/h5-8H,3-4H2,1-2H3,(H,20,21,22). The highest BCUT2D eigenvalue weighted by atomic mass is 35.5. The summed E-state index contributed by atoms with van der Waals surface area (Å²) in [6.07, 6.45) is 1.38. The first-order chi connectivity index (χ1) is 11.5. The first-order valence-corrected chi connectivity index (χ1v) is 8.00. The highest BCUT2D eigenvalue weighted by Crippen LogP contribution is 2.37. The van der Waals surface area contributed by atoms with Crippen molar-refractivity contribution in [2.45, 2.75) is 13.5 Å². The van der Waals surface area contributed by atoms with Gasteiger partial charge in [0.25, 0.3) is 0 Å². The Labute approximate surface area is 148 Å². The summed E-state index contributed by atoms with van der Waals surface area (Å²) in [5.74, 6) is 0.713. The minimum Gasteiger partial charge on any atom is -0.494 e. The summed E-state index contributed by atoms with van der Waals surface area (Å²) in [6.45, 7) is 3.00. The van der Waals surface area contributed by atoms with E-state index in [2.05, 4.69) is 15.3 Å². The van der Waals surface area contributed by atoms with Crippen LogP contribution in [0.2, 0.25) is 10.2 Å². The van der Waals surface area contributed by atoms with Crippen LogP contribution >= 0.6 is 23.2 Å². The van der Waals surface area contributed by atoms with Crippen molar-refractivity contribution in [2.24, 2.45) is 0 Å². The molecule has 24 heavy (non-hydrogen) atoms. The molecule has 1 N–H and O–H groups in total. The summed E-state index contributed by atoms with van der Waals surface area (Å²) >= 11 is 11.9. The number of anilines is 1. The SMILES string of the molecule is COc1c(Cl)cc(F)c2c1cc(C)n2CCNc1cc(Cl)ncn1. The third-order valence-electron chi connectivity index (χ3n) is 3.72. The van der Waals surface area contributed by atoms with E-state index in [9.17, 15) is 4.39 Å². The van der Waals surface area contributed by atoms with Gasteiger partial charge in [0, 0.05) is 30.2 Å². The van der Waals surface area contributed by atoms with Crippen LogP contribution in [0.4, 0.5) is 10.2 Å². The fraction of sp³-hybridized carbons (Fsp3) is 0.250. The molecule has 0 unspecified atom stereocenters. The largest absolute Gasteiger partial charge is 0.494 e. The zero-order valence-electron chi connectivity index (χ0n) is 13.1. The molecule has 0 saturated carbocycles. The average Bonchev–Trinajstić information content (AvgIpc) is 2.85. The van der Waals surface area contributed by atoms with E-state index in [1.807, 2.05) is 17.6 Å². The number of aromatic nitrogens is 3. The molecule has 8 heteroatoms. The molecular formula is C16H15Cl2FN4O. The molecule has 2 heterocycles. The van der Waals surface area contributed by atoms with Crippen LogP contribution in [0, 0.1) is 12.7 Å². The fourth-order valence-corrected chi connectivity index (χ4v) is 3.12. The lowest BCUT2D eigenvalue weighted by atomic mass is 10.2. The molecule has 3 rings (SSSR count). The Bertz CT molecular complexity index is 897. The number of ether oxygens (including phenoxy) is 1. The van der Waals surface area contributed by atoms with E-state index >= 15 is 0 Å². The van der Waals surface area contributed by atoms with Crippen LogP contribution in [-0.4, -0.2) is 28.2 Å². The smallest absolute Gasteiger partial charge is 0.149 e. The number of aryl methyl sites for hydroxylation is 1. The van der Waals surface area contributed by atoms with Gasteiger partial charge < -0.3 is 14.6 Å². The van der Waals surface area contributed by atoms with Gasteiger partial charge in [0.05, 0.1) is 17.6 Å². The van der Waals surface area contributed by atoms with E-state index < -0.39 is 0 Å². The molecule has 5 nitrogen and oxygen atoms in total. The molecule has 0 aliphatic rings. The van der Waals surface area contributed by atoms with Crippen LogP contribution in [0.5, 0.6) is 5.75 Å². The van der Waals surface area contributed by atoms with E-state index in [4.69, 9.17) is 27.9 Å². The lowest BCUT2D eigenvalue weighted by Gasteiger charge is -2.12.